The molecule has 1 nitrogen and oxygen atoms in total. The van der Waals surface area contributed by atoms with Crippen LogP contribution in [0.4, 0.5) is 12.9 Å². The molecule has 0 fully saturated rings. The van der Waals surface area contributed by atoms with Crippen molar-refractivity contribution in [1.29, 1.82) is 0 Å². The molecular formula is C3H8BF3NS-. The van der Waals surface area contributed by atoms with E-state index in [9.17, 15) is 12.9 Å². The quantitative estimate of drug-likeness (QED) is 0.489. The van der Waals surface area contributed by atoms with Crippen molar-refractivity contribution >= 4 is 18.7 Å². The summed E-state index contributed by atoms with van der Waals surface area (Å²) in [5.41, 5.74) is 4.25. The molecule has 0 heterocycles. The molecule has 0 aliphatic heterocycles. The van der Waals surface area contributed by atoms with Crippen molar-refractivity contribution in [3.63, 3.8) is 0 Å². The summed E-state index contributed by atoms with van der Waals surface area (Å²) in [6.45, 7) is -4.29. The molecule has 0 saturated heterocycles. The standard InChI is InChI=1S/C3H8BF3NS/c5-4(6,7)3-9-2-1-8/h1-3,8H2/q-1. The van der Waals surface area contributed by atoms with Gasteiger partial charge in [-0.25, -0.2) is 0 Å². The molecule has 0 aliphatic carbocycles. The smallest absolute Gasteiger partial charge is 0.448 e. The van der Waals surface area contributed by atoms with Gasteiger partial charge in [-0.3, -0.25) is 0 Å². The number of thioether (sulfide) groups is 1. The summed E-state index contributed by atoms with van der Waals surface area (Å²) in [5.74, 6) is 0.390. The Labute approximate surface area is 56.2 Å². The van der Waals surface area contributed by atoms with Gasteiger partial charge in [0, 0.05) is 12.3 Å². The molecule has 6 heteroatoms. The highest BCUT2D eigenvalue weighted by Crippen LogP contribution is 2.14. The third-order valence-corrected chi connectivity index (χ3v) is 1.71. The number of hydrogen-bond donors (Lipinski definition) is 1. The van der Waals surface area contributed by atoms with Crippen molar-refractivity contribution in [3.05, 3.63) is 0 Å². The molecule has 0 aromatic carbocycles. The lowest BCUT2D eigenvalue weighted by molar-refractivity contribution is 0.485. The van der Waals surface area contributed by atoms with Crippen molar-refractivity contribution in [2.75, 3.05) is 17.9 Å². The Hall–Kier alpha value is 0.165. The fourth-order valence-corrected chi connectivity index (χ4v) is 0.901. The van der Waals surface area contributed by atoms with E-state index in [1.807, 2.05) is 0 Å². The van der Waals surface area contributed by atoms with Crippen molar-refractivity contribution in [2.24, 2.45) is 5.73 Å². The highest BCUT2D eigenvalue weighted by Gasteiger charge is 2.21. The lowest BCUT2D eigenvalue weighted by Gasteiger charge is -2.11. The maximum Gasteiger partial charge on any atom is 0.488 e. The molecule has 2 N–H and O–H groups in total. The Morgan fingerprint density at radius 1 is 1.33 bits per heavy atom. The maximum absolute atomic E-state index is 11.4. The molecule has 0 unspecified atom stereocenters. The summed E-state index contributed by atoms with van der Waals surface area (Å²) in [6, 6.07) is 0. The van der Waals surface area contributed by atoms with E-state index in [1.54, 1.807) is 0 Å². The highest BCUT2D eigenvalue weighted by atomic mass is 32.2. The molecule has 9 heavy (non-hydrogen) atoms. The van der Waals surface area contributed by atoms with Crippen LogP contribution in [0.5, 0.6) is 0 Å². The lowest BCUT2D eigenvalue weighted by atomic mass is 9.98. The minimum Gasteiger partial charge on any atom is -0.448 e. The summed E-state index contributed by atoms with van der Waals surface area (Å²) in [5, 5.41) is 0. The van der Waals surface area contributed by atoms with E-state index in [1.165, 1.54) is 0 Å². The van der Waals surface area contributed by atoms with Crippen molar-refractivity contribution in [1.82, 2.24) is 0 Å². The number of rotatable bonds is 4. The Bertz CT molecular complexity index is 75.9. The van der Waals surface area contributed by atoms with Gasteiger partial charge >= 0.3 is 6.98 Å². The third kappa shape index (κ3) is 8.16. The summed E-state index contributed by atoms with van der Waals surface area (Å²) in [7, 11) is 0. The largest absolute Gasteiger partial charge is 0.488 e. The first kappa shape index (κ1) is 9.16. The van der Waals surface area contributed by atoms with Crippen LogP contribution in [0, 0.1) is 0 Å². The Balaban J connectivity index is 3.07. The number of halogens is 3. The van der Waals surface area contributed by atoms with E-state index in [0.29, 0.717) is 12.3 Å². The van der Waals surface area contributed by atoms with Gasteiger partial charge in [0.15, 0.2) is 0 Å². The van der Waals surface area contributed by atoms with Crippen LogP contribution in [0.2, 0.25) is 0 Å². The Kier molecular flexibility index (Phi) is 4.13. The van der Waals surface area contributed by atoms with E-state index in [0.717, 1.165) is 11.8 Å². The minimum atomic E-state index is -4.60. The van der Waals surface area contributed by atoms with Crippen molar-refractivity contribution in [3.8, 4) is 0 Å². The fourth-order valence-electron chi connectivity index (χ4n) is 0.300. The number of nitrogens with two attached hydrogens (primary N) is 1. The van der Waals surface area contributed by atoms with Gasteiger partial charge in [-0.2, -0.15) is 11.8 Å². The Morgan fingerprint density at radius 3 is 2.22 bits per heavy atom. The SMILES string of the molecule is NCCSC[B-](F)(F)F. The zero-order chi connectivity index (χ0) is 7.33. The molecule has 0 bridgehead atoms. The van der Waals surface area contributed by atoms with E-state index in [2.05, 4.69) is 0 Å². The summed E-state index contributed by atoms with van der Waals surface area (Å²) >= 11 is 0.838. The van der Waals surface area contributed by atoms with Gasteiger partial charge in [0.2, 0.25) is 0 Å². The third-order valence-electron chi connectivity index (χ3n) is 0.569. The van der Waals surface area contributed by atoms with Gasteiger partial charge < -0.3 is 18.7 Å². The lowest BCUT2D eigenvalue weighted by Crippen LogP contribution is -2.20. The van der Waals surface area contributed by atoms with E-state index >= 15 is 0 Å². The monoisotopic (exact) mass is 158 g/mol. The first-order chi connectivity index (χ1) is 4.06. The van der Waals surface area contributed by atoms with E-state index < -0.39 is 12.6 Å². The molecule has 0 aliphatic rings. The average molecular weight is 158 g/mol. The van der Waals surface area contributed by atoms with Crippen LogP contribution in [-0.2, 0) is 0 Å². The fraction of sp³-hybridized carbons (Fsp3) is 1.00. The van der Waals surface area contributed by atoms with Crippen LogP contribution in [0.15, 0.2) is 0 Å². The molecule has 0 aromatic heterocycles. The van der Waals surface area contributed by atoms with Crippen LogP contribution >= 0.6 is 11.8 Å². The maximum atomic E-state index is 11.4. The topological polar surface area (TPSA) is 26.0 Å². The molecule has 0 aromatic rings. The molecule has 0 saturated carbocycles. The molecule has 0 atom stereocenters. The molecule has 0 amide bonds. The Morgan fingerprint density at radius 2 is 1.89 bits per heavy atom. The van der Waals surface area contributed by atoms with Crippen LogP contribution in [-0.4, -0.2) is 24.9 Å². The van der Waals surface area contributed by atoms with Crippen LogP contribution in [0.1, 0.15) is 0 Å². The van der Waals surface area contributed by atoms with Crippen molar-refractivity contribution in [2.45, 2.75) is 0 Å². The second-order valence-corrected chi connectivity index (χ2v) is 2.72. The van der Waals surface area contributed by atoms with Gasteiger partial charge in [-0.15, -0.1) is 0 Å². The van der Waals surface area contributed by atoms with Gasteiger partial charge in [-0.1, -0.05) is 0 Å². The van der Waals surface area contributed by atoms with Crippen molar-refractivity contribution < 1.29 is 12.9 Å². The molecule has 0 spiro atoms. The average Bonchev–Trinajstić information content (AvgIpc) is 1.63. The first-order valence-corrected chi connectivity index (χ1v) is 3.70. The van der Waals surface area contributed by atoms with E-state index in [4.69, 9.17) is 5.73 Å². The predicted molar refractivity (Wildman–Crippen MR) is 35.5 cm³/mol. The van der Waals surface area contributed by atoms with E-state index in [-0.39, 0.29) is 0 Å². The second kappa shape index (κ2) is 4.06. The summed E-state index contributed by atoms with van der Waals surface area (Å²) < 4.78 is 34.1. The van der Waals surface area contributed by atoms with Gasteiger partial charge in [0.05, 0.1) is 0 Å². The number of hydrogen-bond acceptors (Lipinski definition) is 2. The molecular weight excluding hydrogens is 150 g/mol. The predicted octanol–water partition coefficient (Wildman–Crippen LogP) is 1.06. The summed E-state index contributed by atoms with van der Waals surface area (Å²) in [4.78, 5) is 0. The van der Waals surface area contributed by atoms with Gasteiger partial charge in [0.1, 0.15) is 0 Å². The summed E-state index contributed by atoms with van der Waals surface area (Å²) in [6.07, 6.45) is 0. The second-order valence-electron chi connectivity index (χ2n) is 1.57. The van der Waals surface area contributed by atoms with Crippen LogP contribution in [0.3, 0.4) is 0 Å². The first-order valence-electron chi connectivity index (χ1n) is 2.55. The normalized spacial score (nSPS) is 12.0. The molecule has 0 radical (unpaired) electrons. The molecule has 0 rings (SSSR count). The van der Waals surface area contributed by atoms with Gasteiger partial charge in [0.25, 0.3) is 0 Å². The van der Waals surface area contributed by atoms with Gasteiger partial charge in [-0.05, 0) is 5.65 Å². The molecule has 56 valence electrons. The van der Waals surface area contributed by atoms with Crippen LogP contribution in [0.25, 0.3) is 0 Å². The highest BCUT2D eigenvalue weighted by molar-refractivity contribution is 8.00. The van der Waals surface area contributed by atoms with Crippen LogP contribution < -0.4 is 5.73 Å². The zero-order valence-electron chi connectivity index (χ0n) is 4.82. The minimum absolute atomic E-state index is 0.316. The zero-order valence-corrected chi connectivity index (χ0v) is 5.63.